The van der Waals surface area contributed by atoms with Crippen LogP contribution in [0.15, 0.2) is 48.2 Å². The molecule has 0 aromatic heterocycles. The van der Waals surface area contributed by atoms with Gasteiger partial charge in [-0.15, -0.1) is 0 Å². The van der Waals surface area contributed by atoms with Crippen molar-refractivity contribution in [3.63, 3.8) is 0 Å². The third kappa shape index (κ3) is 4.02. The van der Waals surface area contributed by atoms with Crippen LogP contribution in [0.25, 0.3) is 5.57 Å². The fourth-order valence-corrected chi connectivity index (χ4v) is 4.78. The van der Waals surface area contributed by atoms with Crippen molar-refractivity contribution in [3.8, 4) is 0 Å². The lowest BCUT2D eigenvalue weighted by Gasteiger charge is -2.26. The maximum absolute atomic E-state index is 13.2. The standard InChI is InChI=1S/C26H29N3O3/c1-28-22-12-9-19(26(31)32)15-21(22)23(25(28)30)24(18-7-8-18)27-20-10-5-17(6-11-20)16-29-13-3-2-4-14-29/h5-6,9-12,15,18,27H,2-4,7-8,13-14,16H2,1H3,(H,31,32). The van der Waals surface area contributed by atoms with Crippen molar-refractivity contribution in [1.29, 1.82) is 0 Å². The minimum atomic E-state index is -0.987. The SMILES string of the molecule is CN1C(=O)C(=C(Nc2ccc(CN3CCCCC3)cc2)C2CC2)c2cc(C(=O)O)ccc21. The molecule has 6 nitrogen and oxygen atoms in total. The van der Waals surface area contributed by atoms with Crippen LogP contribution in [-0.2, 0) is 11.3 Å². The molecule has 2 heterocycles. The van der Waals surface area contributed by atoms with E-state index < -0.39 is 5.97 Å². The van der Waals surface area contributed by atoms with E-state index in [2.05, 4.69) is 34.5 Å². The molecule has 2 fully saturated rings. The largest absolute Gasteiger partial charge is 0.478 e. The number of hydrogen-bond donors (Lipinski definition) is 2. The van der Waals surface area contributed by atoms with Gasteiger partial charge >= 0.3 is 5.97 Å². The molecular formula is C26H29N3O3. The van der Waals surface area contributed by atoms with E-state index in [9.17, 15) is 14.7 Å². The van der Waals surface area contributed by atoms with E-state index in [0.29, 0.717) is 17.1 Å². The van der Waals surface area contributed by atoms with Crippen molar-refractivity contribution in [1.82, 2.24) is 4.90 Å². The van der Waals surface area contributed by atoms with Crippen molar-refractivity contribution in [2.75, 3.05) is 30.4 Å². The topological polar surface area (TPSA) is 72.9 Å². The van der Waals surface area contributed by atoms with Crippen LogP contribution in [0.2, 0.25) is 0 Å². The number of carbonyl (C=O) groups excluding carboxylic acids is 1. The first-order chi connectivity index (χ1) is 15.5. The van der Waals surface area contributed by atoms with Crippen LogP contribution in [0, 0.1) is 5.92 Å². The molecule has 0 radical (unpaired) electrons. The van der Waals surface area contributed by atoms with Crippen molar-refractivity contribution in [2.24, 2.45) is 5.92 Å². The summed E-state index contributed by atoms with van der Waals surface area (Å²) in [7, 11) is 1.74. The summed E-state index contributed by atoms with van der Waals surface area (Å²) in [5.74, 6) is -0.771. The van der Waals surface area contributed by atoms with Gasteiger partial charge in [-0.05, 0) is 80.6 Å². The van der Waals surface area contributed by atoms with Crippen molar-refractivity contribution in [3.05, 3.63) is 64.9 Å². The molecule has 2 aromatic carbocycles. The van der Waals surface area contributed by atoms with Gasteiger partial charge in [0.05, 0.1) is 16.8 Å². The van der Waals surface area contributed by atoms with Crippen LogP contribution in [0.4, 0.5) is 11.4 Å². The average molecular weight is 432 g/mol. The lowest BCUT2D eigenvalue weighted by Crippen LogP contribution is -2.29. The fourth-order valence-electron chi connectivity index (χ4n) is 4.78. The fraction of sp³-hybridized carbons (Fsp3) is 0.385. The summed E-state index contributed by atoms with van der Waals surface area (Å²) >= 11 is 0. The van der Waals surface area contributed by atoms with Gasteiger partial charge in [0.1, 0.15) is 0 Å². The number of likely N-dealkylation sites (tertiary alicyclic amines) is 1. The Hall–Kier alpha value is -3.12. The van der Waals surface area contributed by atoms with E-state index in [1.54, 1.807) is 30.1 Å². The number of nitrogens with zero attached hydrogens (tertiary/aromatic N) is 2. The van der Waals surface area contributed by atoms with Crippen LogP contribution < -0.4 is 10.2 Å². The van der Waals surface area contributed by atoms with E-state index in [0.717, 1.165) is 36.5 Å². The Balaban J connectivity index is 1.44. The number of benzene rings is 2. The lowest BCUT2D eigenvalue weighted by atomic mass is 10.00. The van der Waals surface area contributed by atoms with Gasteiger partial charge in [-0.2, -0.15) is 0 Å². The maximum Gasteiger partial charge on any atom is 0.335 e. The van der Waals surface area contributed by atoms with Crippen molar-refractivity contribution in [2.45, 2.75) is 38.6 Å². The molecule has 0 bridgehead atoms. The summed E-state index contributed by atoms with van der Waals surface area (Å²) in [4.78, 5) is 28.8. The zero-order valence-corrected chi connectivity index (χ0v) is 18.4. The minimum absolute atomic E-state index is 0.0846. The number of piperidine rings is 1. The maximum atomic E-state index is 13.2. The molecule has 32 heavy (non-hydrogen) atoms. The molecule has 1 saturated heterocycles. The molecule has 0 atom stereocenters. The molecule has 2 aliphatic heterocycles. The molecule has 1 amide bonds. The normalized spacial score (nSPS) is 20.3. The highest BCUT2D eigenvalue weighted by atomic mass is 16.4. The number of amides is 1. The van der Waals surface area contributed by atoms with E-state index in [1.807, 2.05) is 0 Å². The van der Waals surface area contributed by atoms with Gasteiger partial charge in [0.25, 0.3) is 5.91 Å². The summed E-state index contributed by atoms with van der Waals surface area (Å²) in [5, 5.41) is 13.0. The Morgan fingerprint density at radius 3 is 2.44 bits per heavy atom. The number of carboxylic acid groups (broad SMARTS) is 1. The van der Waals surface area contributed by atoms with Crippen LogP contribution >= 0.6 is 0 Å². The first-order valence-corrected chi connectivity index (χ1v) is 11.5. The number of anilines is 2. The molecule has 2 N–H and O–H groups in total. The molecule has 1 saturated carbocycles. The van der Waals surface area contributed by atoms with E-state index in [-0.39, 0.29) is 11.5 Å². The van der Waals surface area contributed by atoms with Gasteiger partial charge in [-0.1, -0.05) is 18.6 Å². The van der Waals surface area contributed by atoms with Gasteiger partial charge in [-0.25, -0.2) is 4.79 Å². The zero-order valence-electron chi connectivity index (χ0n) is 18.4. The Labute approximate surface area is 188 Å². The number of likely N-dealkylation sites (N-methyl/N-ethyl adjacent to an activating group) is 1. The molecular weight excluding hydrogens is 402 g/mol. The quantitative estimate of drug-likeness (QED) is 0.655. The predicted octanol–water partition coefficient (Wildman–Crippen LogP) is 4.58. The number of allylic oxidation sites excluding steroid dienone is 1. The number of aromatic carboxylic acids is 1. The zero-order chi connectivity index (χ0) is 22.2. The van der Waals surface area contributed by atoms with Crippen LogP contribution in [0.1, 0.15) is 53.6 Å². The van der Waals surface area contributed by atoms with Gasteiger partial charge < -0.3 is 15.3 Å². The van der Waals surface area contributed by atoms with E-state index in [1.165, 1.54) is 37.9 Å². The monoisotopic (exact) mass is 431 g/mol. The number of carboxylic acids is 1. The Kier molecular flexibility index (Phi) is 5.47. The molecule has 0 spiro atoms. The molecule has 5 rings (SSSR count). The molecule has 3 aliphatic rings. The van der Waals surface area contributed by atoms with Crippen molar-refractivity contribution >= 4 is 28.8 Å². The van der Waals surface area contributed by atoms with Gasteiger partial charge in [-0.3, -0.25) is 9.69 Å². The smallest absolute Gasteiger partial charge is 0.335 e. The number of carbonyl (C=O) groups is 2. The van der Waals surface area contributed by atoms with Crippen LogP contribution in [0.3, 0.4) is 0 Å². The summed E-state index contributed by atoms with van der Waals surface area (Å²) in [6.45, 7) is 3.32. The minimum Gasteiger partial charge on any atom is -0.478 e. The van der Waals surface area contributed by atoms with Gasteiger partial charge in [0.15, 0.2) is 0 Å². The highest BCUT2D eigenvalue weighted by Crippen LogP contribution is 2.45. The summed E-state index contributed by atoms with van der Waals surface area (Å²) in [6.07, 6.45) is 5.97. The molecule has 1 aliphatic carbocycles. The van der Waals surface area contributed by atoms with E-state index in [4.69, 9.17) is 0 Å². The lowest BCUT2D eigenvalue weighted by molar-refractivity contribution is -0.112. The Morgan fingerprint density at radius 2 is 1.78 bits per heavy atom. The number of fused-ring (bicyclic) bond motifs is 1. The third-order valence-corrected chi connectivity index (χ3v) is 6.74. The van der Waals surface area contributed by atoms with Crippen LogP contribution in [-0.4, -0.2) is 42.0 Å². The number of nitrogens with one attached hydrogen (secondary N) is 1. The molecule has 6 heteroatoms. The van der Waals surface area contributed by atoms with Gasteiger partial charge in [0.2, 0.25) is 0 Å². The number of rotatable bonds is 6. The first kappa shape index (κ1) is 20.8. The molecule has 166 valence electrons. The Bertz CT molecular complexity index is 1080. The van der Waals surface area contributed by atoms with Crippen molar-refractivity contribution < 1.29 is 14.7 Å². The Morgan fingerprint density at radius 1 is 1.06 bits per heavy atom. The highest BCUT2D eigenvalue weighted by Gasteiger charge is 2.38. The summed E-state index contributed by atoms with van der Waals surface area (Å²) in [5.41, 5.74) is 5.42. The van der Waals surface area contributed by atoms with E-state index >= 15 is 0 Å². The molecule has 2 aromatic rings. The van der Waals surface area contributed by atoms with Crippen LogP contribution in [0.5, 0.6) is 0 Å². The van der Waals surface area contributed by atoms with Gasteiger partial charge in [0, 0.05) is 30.5 Å². The average Bonchev–Trinajstić information content (AvgIpc) is 3.61. The summed E-state index contributed by atoms with van der Waals surface area (Å²) in [6, 6.07) is 13.4. The predicted molar refractivity (Wildman–Crippen MR) is 126 cm³/mol. The highest BCUT2D eigenvalue weighted by molar-refractivity contribution is 6.33. The second-order valence-electron chi connectivity index (χ2n) is 9.12. The molecule has 0 unspecified atom stereocenters. The summed E-state index contributed by atoms with van der Waals surface area (Å²) < 4.78 is 0. The third-order valence-electron chi connectivity index (χ3n) is 6.74. The first-order valence-electron chi connectivity index (χ1n) is 11.5. The number of hydrogen-bond acceptors (Lipinski definition) is 4. The second kappa shape index (κ2) is 8.43. The second-order valence-corrected chi connectivity index (χ2v) is 9.12.